The Labute approximate surface area is 204 Å². The Balaban J connectivity index is 1.23. The van der Waals surface area contributed by atoms with Gasteiger partial charge in [-0.2, -0.15) is 0 Å². The molecule has 7 heteroatoms. The fourth-order valence-corrected chi connectivity index (χ4v) is 5.81. The lowest BCUT2D eigenvalue weighted by Gasteiger charge is -2.37. The molecule has 0 atom stereocenters. The van der Waals surface area contributed by atoms with E-state index >= 15 is 0 Å². The van der Waals surface area contributed by atoms with Crippen LogP contribution in [0.15, 0.2) is 35.4 Å². The summed E-state index contributed by atoms with van der Waals surface area (Å²) in [6, 6.07) is 3.60. The van der Waals surface area contributed by atoms with Crippen molar-refractivity contribution in [3.05, 3.63) is 46.5 Å². The van der Waals surface area contributed by atoms with E-state index in [9.17, 15) is 9.59 Å². The molecule has 2 amide bonds. The van der Waals surface area contributed by atoms with E-state index in [-0.39, 0.29) is 11.6 Å². The molecule has 0 radical (unpaired) electrons. The van der Waals surface area contributed by atoms with E-state index in [4.69, 9.17) is 0 Å². The van der Waals surface area contributed by atoms with Crippen molar-refractivity contribution in [3.8, 4) is 0 Å². The lowest BCUT2D eigenvalue weighted by molar-refractivity contribution is 0.112. The molecule has 0 spiro atoms. The van der Waals surface area contributed by atoms with E-state index < -0.39 is 0 Å². The quantitative estimate of drug-likeness (QED) is 0.631. The summed E-state index contributed by atoms with van der Waals surface area (Å²) in [4.78, 5) is 32.0. The molecule has 0 unspecified atom stereocenters. The number of pyridine rings is 1. The first-order valence-electron chi connectivity index (χ1n) is 13.2. The molecule has 3 aliphatic rings. The predicted octanol–water partition coefficient (Wildman–Crippen LogP) is 3.70. The predicted molar refractivity (Wildman–Crippen MR) is 136 cm³/mol. The highest BCUT2D eigenvalue weighted by Crippen LogP contribution is 2.30. The molecule has 0 bridgehead atoms. The van der Waals surface area contributed by atoms with E-state index in [2.05, 4.69) is 35.5 Å². The number of amides is 2. The van der Waals surface area contributed by atoms with E-state index in [1.54, 1.807) is 9.47 Å². The van der Waals surface area contributed by atoms with Crippen molar-refractivity contribution in [1.82, 2.24) is 24.6 Å². The fourth-order valence-electron chi connectivity index (χ4n) is 5.81. The lowest BCUT2D eigenvalue weighted by atomic mass is 9.83. The zero-order valence-corrected chi connectivity index (χ0v) is 21.2. The number of nitrogens with one attached hydrogen (secondary N) is 1. The van der Waals surface area contributed by atoms with Gasteiger partial charge in [0.2, 0.25) is 0 Å². The first-order valence-corrected chi connectivity index (χ1v) is 13.2. The van der Waals surface area contributed by atoms with Gasteiger partial charge in [-0.3, -0.25) is 9.69 Å². The number of piperidine rings is 2. The maximum absolute atomic E-state index is 13.1. The van der Waals surface area contributed by atoms with Gasteiger partial charge in [0.1, 0.15) is 0 Å². The Morgan fingerprint density at radius 1 is 1.00 bits per heavy atom. The molecule has 3 saturated heterocycles. The fraction of sp³-hybridized carbons (Fsp3) is 0.704. The van der Waals surface area contributed by atoms with Gasteiger partial charge in [-0.05, 0) is 69.0 Å². The number of likely N-dealkylation sites (tertiary alicyclic amines) is 2. The van der Waals surface area contributed by atoms with Crippen LogP contribution in [0.2, 0.25) is 0 Å². The van der Waals surface area contributed by atoms with Crippen molar-refractivity contribution in [1.29, 1.82) is 0 Å². The standard InChI is InChI=1S/C27H43N5O2/c1-21(2)18-29-12-7-23(8-13-29)17-24-9-14-30(15-10-24)20-32-11-4-5-25(26(32)33)19-31-16-6-22(3)28-27(31)34/h4-5,11,21,23-24H,3,6-10,12-20H2,1-2H3,(H,28,34). The molecule has 0 aliphatic carbocycles. The van der Waals surface area contributed by atoms with Crippen LogP contribution in [-0.2, 0) is 13.2 Å². The van der Waals surface area contributed by atoms with Crippen molar-refractivity contribution >= 4 is 6.03 Å². The summed E-state index contributed by atoms with van der Waals surface area (Å²) >= 11 is 0. The molecule has 4 rings (SSSR count). The first-order chi connectivity index (χ1) is 16.4. The second-order valence-corrected chi connectivity index (χ2v) is 11.1. The highest BCUT2D eigenvalue weighted by Gasteiger charge is 2.26. The largest absolute Gasteiger partial charge is 0.321 e. The molecule has 0 saturated carbocycles. The lowest BCUT2D eigenvalue weighted by Crippen LogP contribution is -2.45. The molecule has 4 heterocycles. The van der Waals surface area contributed by atoms with Gasteiger partial charge < -0.3 is 19.7 Å². The first kappa shape index (κ1) is 25.0. The smallest absolute Gasteiger partial charge is 0.320 e. The number of nitrogens with zero attached hydrogens (tertiary/aromatic N) is 4. The molecule has 1 aromatic rings. The third kappa shape index (κ3) is 6.72. The van der Waals surface area contributed by atoms with Crippen LogP contribution in [0.5, 0.6) is 0 Å². The average molecular weight is 470 g/mol. The summed E-state index contributed by atoms with van der Waals surface area (Å²) in [5.41, 5.74) is 1.42. The molecule has 0 aromatic carbocycles. The van der Waals surface area contributed by atoms with Crippen LogP contribution in [0.25, 0.3) is 0 Å². The van der Waals surface area contributed by atoms with Crippen LogP contribution in [-0.4, -0.2) is 64.6 Å². The Morgan fingerprint density at radius 3 is 2.26 bits per heavy atom. The SMILES string of the molecule is C=C1CCN(Cc2cccn(CN3CCC(CC4CCN(CC(C)C)CC4)CC3)c2=O)C(=O)N1. The minimum absolute atomic E-state index is 0.00924. The monoisotopic (exact) mass is 469 g/mol. The Bertz CT molecular complexity index is 895. The van der Waals surface area contributed by atoms with E-state index in [0.29, 0.717) is 25.3 Å². The van der Waals surface area contributed by atoms with Gasteiger partial charge in [0.25, 0.3) is 5.56 Å². The number of carbonyl (C=O) groups excluding carboxylic acids is 1. The van der Waals surface area contributed by atoms with Gasteiger partial charge in [-0.1, -0.05) is 26.5 Å². The van der Waals surface area contributed by atoms with Gasteiger partial charge in [0, 0.05) is 50.1 Å². The normalized spacial score (nSPS) is 21.9. The van der Waals surface area contributed by atoms with Crippen LogP contribution < -0.4 is 10.9 Å². The van der Waals surface area contributed by atoms with E-state index in [1.165, 1.54) is 51.7 Å². The highest BCUT2D eigenvalue weighted by molar-refractivity contribution is 5.77. The van der Waals surface area contributed by atoms with Crippen molar-refractivity contribution < 1.29 is 4.79 Å². The zero-order valence-electron chi connectivity index (χ0n) is 21.2. The highest BCUT2D eigenvalue weighted by atomic mass is 16.2. The third-order valence-electron chi connectivity index (χ3n) is 7.77. The van der Waals surface area contributed by atoms with Crippen LogP contribution in [0.4, 0.5) is 4.79 Å². The number of hydrogen-bond acceptors (Lipinski definition) is 4. The molecule has 188 valence electrons. The van der Waals surface area contributed by atoms with E-state index in [0.717, 1.165) is 43.0 Å². The third-order valence-corrected chi connectivity index (χ3v) is 7.77. The zero-order chi connectivity index (χ0) is 24.1. The number of carbonyl (C=O) groups is 1. The molecule has 3 fully saturated rings. The Kier molecular flexibility index (Phi) is 8.48. The summed E-state index contributed by atoms with van der Waals surface area (Å²) in [7, 11) is 0. The van der Waals surface area contributed by atoms with Crippen LogP contribution in [0, 0.1) is 17.8 Å². The second kappa shape index (κ2) is 11.5. The summed E-state index contributed by atoms with van der Waals surface area (Å²) in [5, 5.41) is 2.77. The molecular formula is C27H43N5O2. The van der Waals surface area contributed by atoms with Gasteiger partial charge in [-0.25, -0.2) is 4.79 Å². The molecule has 1 aromatic heterocycles. The Morgan fingerprint density at radius 2 is 1.65 bits per heavy atom. The number of aromatic nitrogens is 1. The molecule has 1 N–H and O–H groups in total. The van der Waals surface area contributed by atoms with Crippen molar-refractivity contribution in [2.24, 2.45) is 17.8 Å². The topological polar surface area (TPSA) is 60.8 Å². The maximum atomic E-state index is 13.1. The summed E-state index contributed by atoms with van der Waals surface area (Å²) in [6.07, 6.45) is 9.16. The van der Waals surface area contributed by atoms with Crippen LogP contribution >= 0.6 is 0 Å². The van der Waals surface area contributed by atoms with Crippen LogP contribution in [0.3, 0.4) is 0 Å². The Hall–Kier alpha value is -2.12. The van der Waals surface area contributed by atoms with E-state index in [1.807, 2.05) is 18.3 Å². The summed E-state index contributed by atoms with van der Waals surface area (Å²) in [5.74, 6) is 2.48. The van der Waals surface area contributed by atoms with Gasteiger partial charge in [0.05, 0.1) is 13.2 Å². The minimum Gasteiger partial charge on any atom is -0.320 e. The average Bonchev–Trinajstić information content (AvgIpc) is 2.80. The second-order valence-electron chi connectivity index (χ2n) is 11.1. The molecular weight excluding hydrogens is 426 g/mol. The maximum Gasteiger partial charge on any atom is 0.321 e. The number of urea groups is 1. The molecule has 7 nitrogen and oxygen atoms in total. The summed E-state index contributed by atoms with van der Waals surface area (Å²) in [6.45, 7) is 15.9. The van der Waals surface area contributed by atoms with Gasteiger partial charge >= 0.3 is 6.03 Å². The molecule has 3 aliphatic heterocycles. The van der Waals surface area contributed by atoms with Crippen molar-refractivity contribution in [2.75, 3.05) is 39.3 Å². The van der Waals surface area contributed by atoms with Crippen molar-refractivity contribution in [3.63, 3.8) is 0 Å². The summed E-state index contributed by atoms with van der Waals surface area (Å²) < 4.78 is 1.81. The van der Waals surface area contributed by atoms with Crippen LogP contribution in [0.1, 0.15) is 57.9 Å². The van der Waals surface area contributed by atoms with Gasteiger partial charge in [-0.15, -0.1) is 0 Å². The number of rotatable bonds is 8. The van der Waals surface area contributed by atoms with Gasteiger partial charge in [0.15, 0.2) is 0 Å². The minimum atomic E-state index is -0.168. The van der Waals surface area contributed by atoms with Crippen molar-refractivity contribution in [2.45, 2.75) is 65.6 Å². The number of hydrogen-bond donors (Lipinski definition) is 1. The molecule has 34 heavy (non-hydrogen) atoms.